The molecule has 1 unspecified atom stereocenters. The standard InChI is InChI=1S/C25H22BrF2N5O2/c1-32(2)13-30-22-14-6-5-8-29-23(14)18(26)10-16(22)25(34)15-11-19(27)21(28)24-17(15)12-31-33(24)20-7-3-4-9-35-20/h5-6,8,10-13,20H,3-4,7,9H2,1-2H3. The molecule has 0 aliphatic carbocycles. The summed E-state index contributed by atoms with van der Waals surface area (Å²) in [6, 6.07) is 6.10. The summed E-state index contributed by atoms with van der Waals surface area (Å²) in [6.07, 6.45) is 6.52. The molecular weight excluding hydrogens is 520 g/mol. The molecule has 0 amide bonds. The molecule has 10 heteroatoms. The first-order valence-corrected chi connectivity index (χ1v) is 12.0. The molecule has 0 spiro atoms. The van der Waals surface area contributed by atoms with E-state index < -0.39 is 23.6 Å². The summed E-state index contributed by atoms with van der Waals surface area (Å²) in [7, 11) is 3.62. The highest BCUT2D eigenvalue weighted by atomic mass is 79.9. The summed E-state index contributed by atoms with van der Waals surface area (Å²) in [6.45, 7) is 0.515. The maximum absolute atomic E-state index is 15.0. The molecule has 5 rings (SSSR count). The van der Waals surface area contributed by atoms with Crippen molar-refractivity contribution in [1.82, 2.24) is 19.7 Å². The topological polar surface area (TPSA) is 72.6 Å². The van der Waals surface area contributed by atoms with Gasteiger partial charge in [0.2, 0.25) is 0 Å². The van der Waals surface area contributed by atoms with Crippen molar-refractivity contribution in [2.75, 3.05) is 20.7 Å². The quantitative estimate of drug-likeness (QED) is 0.182. The van der Waals surface area contributed by atoms with E-state index in [1.807, 2.05) is 20.2 Å². The highest BCUT2D eigenvalue weighted by molar-refractivity contribution is 9.10. The lowest BCUT2D eigenvalue weighted by Gasteiger charge is -2.23. The normalized spacial score (nSPS) is 16.4. The van der Waals surface area contributed by atoms with Crippen molar-refractivity contribution in [3.8, 4) is 0 Å². The van der Waals surface area contributed by atoms with Crippen LogP contribution in [0.1, 0.15) is 41.4 Å². The second-order valence-electron chi connectivity index (χ2n) is 8.58. The van der Waals surface area contributed by atoms with Crippen LogP contribution in [0.25, 0.3) is 21.8 Å². The van der Waals surface area contributed by atoms with Gasteiger partial charge in [0.1, 0.15) is 5.52 Å². The fourth-order valence-corrected chi connectivity index (χ4v) is 4.85. The third-order valence-corrected chi connectivity index (χ3v) is 6.53. The van der Waals surface area contributed by atoms with Gasteiger partial charge in [-0.3, -0.25) is 9.78 Å². The smallest absolute Gasteiger partial charge is 0.196 e. The Morgan fingerprint density at radius 1 is 1.26 bits per heavy atom. The number of carbonyl (C=O) groups excluding carboxylic acids is 1. The van der Waals surface area contributed by atoms with Crippen LogP contribution in [0, 0.1) is 11.6 Å². The fraction of sp³-hybridized carbons (Fsp3) is 0.280. The Morgan fingerprint density at radius 2 is 2.09 bits per heavy atom. The number of hydrogen-bond donors (Lipinski definition) is 0. The Morgan fingerprint density at radius 3 is 2.83 bits per heavy atom. The van der Waals surface area contributed by atoms with E-state index in [-0.39, 0.29) is 22.0 Å². The van der Waals surface area contributed by atoms with E-state index in [1.54, 1.807) is 29.6 Å². The van der Waals surface area contributed by atoms with Gasteiger partial charge in [-0.05, 0) is 59.5 Å². The van der Waals surface area contributed by atoms with Crippen molar-refractivity contribution in [2.24, 2.45) is 4.99 Å². The van der Waals surface area contributed by atoms with Gasteiger partial charge < -0.3 is 9.64 Å². The van der Waals surface area contributed by atoms with Crippen molar-refractivity contribution in [1.29, 1.82) is 0 Å². The zero-order valence-corrected chi connectivity index (χ0v) is 20.7. The van der Waals surface area contributed by atoms with Crippen LogP contribution in [0.3, 0.4) is 0 Å². The number of ketones is 1. The number of aromatic nitrogens is 3. The van der Waals surface area contributed by atoms with Crippen molar-refractivity contribution >= 4 is 55.5 Å². The Hall–Kier alpha value is -3.24. The average molecular weight is 542 g/mol. The number of ether oxygens (including phenoxy) is 1. The molecular formula is C25H22BrF2N5O2. The van der Waals surface area contributed by atoms with Crippen molar-refractivity contribution < 1.29 is 18.3 Å². The number of aliphatic imine (C=N–C) groups is 1. The Labute approximate surface area is 208 Å². The van der Waals surface area contributed by atoms with Crippen LogP contribution in [-0.2, 0) is 4.74 Å². The Balaban J connectivity index is 1.72. The van der Waals surface area contributed by atoms with Gasteiger partial charge in [-0.2, -0.15) is 5.10 Å². The molecule has 2 aromatic carbocycles. The highest BCUT2D eigenvalue weighted by Gasteiger charge is 2.27. The second kappa shape index (κ2) is 9.43. The number of rotatable bonds is 5. The monoisotopic (exact) mass is 541 g/mol. The minimum atomic E-state index is -1.13. The first-order valence-electron chi connectivity index (χ1n) is 11.2. The SMILES string of the molecule is CN(C)C=Nc1c(C(=O)c2cc(F)c(F)c3c2cnn3C2CCCCO2)cc(Br)c2ncccc12. The molecule has 1 fully saturated rings. The van der Waals surface area contributed by atoms with E-state index >= 15 is 4.39 Å². The predicted octanol–water partition coefficient (Wildman–Crippen LogP) is 5.78. The van der Waals surface area contributed by atoms with Crippen LogP contribution in [0.5, 0.6) is 0 Å². The van der Waals surface area contributed by atoms with Crippen LogP contribution in [0.4, 0.5) is 14.5 Å². The lowest BCUT2D eigenvalue weighted by molar-refractivity contribution is -0.0369. The minimum absolute atomic E-state index is 0.00240. The maximum atomic E-state index is 15.0. The summed E-state index contributed by atoms with van der Waals surface area (Å²) in [5.74, 6) is -2.69. The summed E-state index contributed by atoms with van der Waals surface area (Å²) < 4.78 is 37.5. The molecule has 1 saturated heterocycles. The molecule has 7 nitrogen and oxygen atoms in total. The maximum Gasteiger partial charge on any atom is 0.196 e. The van der Waals surface area contributed by atoms with Crippen LogP contribution >= 0.6 is 15.9 Å². The highest BCUT2D eigenvalue weighted by Crippen LogP contribution is 2.37. The van der Waals surface area contributed by atoms with Gasteiger partial charge in [0.15, 0.2) is 23.6 Å². The molecule has 0 radical (unpaired) electrons. The molecule has 4 aromatic rings. The van der Waals surface area contributed by atoms with Gasteiger partial charge in [0, 0.05) is 47.7 Å². The van der Waals surface area contributed by atoms with Crippen molar-refractivity contribution in [3.63, 3.8) is 0 Å². The summed E-state index contributed by atoms with van der Waals surface area (Å²) in [5, 5.41) is 5.15. The largest absolute Gasteiger partial charge is 0.369 e. The minimum Gasteiger partial charge on any atom is -0.369 e. The number of hydrogen-bond acceptors (Lipinski definition) is 5. The van der Waals surface area contributed by atoms with Gasteiger partial charge in [-0.15, -0.1) is 0 Å². The lowest BCUT2D eigenvalue weighted by atomic mass is 9.96. The summed E-state index contributed by atoms with van der Waals surface area (Å²) in [4.78, 5) is 24.5. The van der Waals surface area contributed by atoms with Gasteiger partial charge >= 0.3 is 0 Å². The van der Waals surface area contributed by atoms with E-state index in [0.717, 1.165) is 18.9 Å². The fourth-order valence-electron chi connectivity index (χ4n) is 4.31. The molecule has 180 valence electrons. The van der Waals surface area contributed by atoms with E-state index in [9.17, 15) is 9.18 Å². The first-order chi connectivity index (χ1) is 16.9. The van der Waals surface area contributed by atoms with Gasteiger partial charge in [0.25, 0.3) is 0 Å². The Bertz CT molecular complexity index is 1480. The molecule has 3 heterocycles. The predicted molar refractivity (Wildman–Crippen MR) is 133 cm³/mol. The van der Waals surface area contributed by atoms with E-state index in [2.05, 4.69) is 31.0 Å². The Kier molecular flexibility index (Phi) is 6.33. The van der Waals surface area contributed by atoms with Crippen LogP contribution in [-0.4, -0.2) is 52.5 Å². The van der Waals surface area contributed by atoms with Gasteiger partial charge in [-0.25, -0.2) is 18.5 Å². The van der Waals surface area contributed by atoms with Crippen molar-refractivity contribution in [2.45, 2.75) is 25.5 Å². The van der Waals surface area contributed by atoms with Gasteiger partial charge in [0.05, 0.1) is 29.3 Å². The molecule has 35 heavy (non-hydrogen) atoms. The molecule has 0 saturated carbocycles. The van der Waals surface area contributed by atoms with E-state index in [1.165, 1.54) is 10.9 Å². The average Bonchev–Trinajstić information content (AvgIpc) is 3.31. The van der Waals surface area contributed by atoms with Gasteiger partial charge in [-0.1, -0.05) is 0 Å². The zero-order valence-electron chi connectivity index (χ0n) is 19.1. The van der Waals surface area contributed by atoms with E-state index in [0.29, 0.717) is 34.1 Å². The number of halogens is 3. The van der Waals surface area contributed by atoms with Crippen LogP contribution in [0.15, 0.2) is 46.1 Å². The second-order valence-corrected chi connectivity index (χ2v) is 9.44. The van der Waals surface area contributed by atoms with Crippen LogP contribution in [0.2, 0.25) is 0 Å². The molecule has 1 aliphatic heterocycles. The molecule has 2 aromatic heterocycles. The third kappa shape index (κ3) is 4.21. The van der Waals surface area contributed by atoms with Crippen LogP contribution < -0.4 is 0 Å². The third-order valence-electron chi connectivity index (χ3n) is 5.92. The summed E-state index contributed by atoms with van der Waals surface area (Å²) >= 11 is 3.49. The summed E-state index contributed by atoms with van der Waals surface area (Å²) in [5.41, 5.74) is 1.16. The lowest BCUT2D eigenvalue weighted by Crippen LogP contribution is -2.19. The number of carbonyl (C=O) groups is 1. The number of nitrogens with zero attached hydrogens (tertiary/aromatic N) is 5. The van der Waals surface area contributed by atoms with E-state index in [4.69, 9.17) is 4.74 Å². The zero-order chi connectivity index (χ0) is 24.7. The molecule has 1 aliphatic rings. The molecule has 0 bridgehead atoms. The van der Waals surface area contributed by atoms with Crippen molar-refractivity contribution in [3.05, 3.63) is 63.9 Å². The molecule has 0 N–H and O–H groups in total. The number of fused-ring (bicyclic) bond motifs is 2. The number of pyridine rings is 1. The first kappa shape index (κ1) is 23.5. The number of benzene rings is 2. The molecule has 1 atom stereocenters.